The van der Waals surface area contributed by atoms with Crippen molar-refractivity contribution in [1.29, 1.82) is 0 Å². The van der Waals surface area contributed by atoms with Crippen LogP contribution in [0.3, 0.4) is 0 Å². The molecule has 0 saturated carbocycles. The number of hydrogen-bond donors (Lipinski definition) is 2. The number of hydrogen-bond acceptors (Lipinski definition) is 5. The molecule has 0 aliphatic carbocycles. The van der Waals surface area contributed by atoms with Crippen LogP contribution in [0.1, 0.15) is 5.56 Å². The Hall–Kier alpha value is -3.70. The molecule has 4 nitrogen and oxygen atoms in total. The Morgan fingerprint density at radius 3 is 2.33 bits per heavy atom. The van der Waals surface area contributed by atoms with Crippen molar-refractivity contribution in [2.75, 3.05) is 5.32 Å². The van der Waals surface area contributed by atoms with Gasteiger partial charge in [-0.25, -0.2) is 9.97 Å². The molecule has 0 aliphatic heterocycles. The molecule has 3 aromatic carbocycles. The van der Waals surface area contributed by atoms with Crippen molar-refractivity contribution in [2.45, 2.75) is 6.92 Å². The van der Waals surface area contributed by atoms with Gasteiger partial charge in [0.05, 0.1) is 5.39 Å². The van der Waals surface area contributed by atoms with Crippen molar-refractivity contribution < 1.29 is 5.11 Å². The molecule has 5 heteroatoms. The molecule has 0 amide bonds. The molecule has 0 fully saturated rings. The third kappa shape index (κ3) is 3.40. The van der Waals surface area contributed by atoms with Gasteiger partial charge in [-0.2, -0.15) is 0 Å². The maximum absolute atomic E-state index is 9.69. The predicted molar refractivity (Wildman–Crippen MR) is 124 cm³/mol. The molecule has 0 saturated heterocycles. The summed E-state index contributed by atoms with van der Waals surface area (Å²) in [4.78, 5) is 9.91. The fourth-order valence-corrected chi connectivity index (χ4v) is 4.49. The molecule has 0 radical (unpaired) electrons. The van der Waals surface area contributed by atoms with E-state index in [0.29, 0.717) is 0 Å². The van der Waals surface area contributed by atoms with Crippen LogP contribution in [0.4, 0.5) is 11.5 Å². The van der Waals surface area contributed by atoms with E-state index in [0.717, 1.165) is 38.4 Å². The number of phenolic OH excluding ortho intramolecular Hbond substituents is 1. The standard InChI is InChI=1S/C25H19N3OS/c1-16-13-20(29)11-12-22(16)28-24-23-21(14-30-25(23)27-15-26-24)19-9-7-18(8-10-19)17-5-3-2-4-6-17/h2-15,29H,1H3,(H,26,27,28). The minimum absolute atomic E-state index is 0.251. The second-order valence-corrected chi connectivity index (χ2v) is 7.98. The summed E-state index contributed by atoms with van der Waals surface area (Å²) in [6.07, 6.45) is 1.58. The number of thiophene rings is 1. The number of fused-ring (bicyclic) bond motifs is 1. The molecule has 5 aromatic rings. The number of aryl methyl sites for hydroxylation is 1. The van der Waals surface area contributed by atoms with Gasteiger partial charge in [-0.1, -0.05) is 54.6 Å². The van der Waals surface area contributed by atoms with Gasteiger partial charge in [0.1, 0.15) is 22.7 Å². The summed E-state index contributed by atoms with van der Waals surface area (Å²) >= 11 is 1.61. The fourth-order valence-electron chi connectivity index (χ4n) is 3.57. The van der Waals surface area contributed by atoms with Crippen molar-refractivity contribution in [3.05, 3.63) is 90.1 Å². The van der Waals surface area contributed by atoms with E-state index < -0.39 is 0 Å². The van der Waals surface area contributed by atoms with Crippen molar-refractivity contribution >= 4 is 33.1 Å². The summed E-state index contributed by atoms with van der Waals surface area (Å²) in [7, 11) is 0. The summed E-state index contributed by atoms with van der Waals surface area (Å²) in [5, 5.41) is 16.2. The van der Waals surface area contributed by atoms with Gasteiger partial charge in [0, 0.05) is 16.6 Å². The van der Waals surface area contributed by atoms with Crippen LogP contribution < -0.4 is 5.32 Å². The lowest BCUT2D eigenvalue weighted by atomic mass is 10.0. The Morgan fingerprint density at radius 1 is 0.833 bits per heavy atom. The van der Waals surface area contributed by atoms with Gasteiger partial charge in [-0.3, -0.25) is 0 Å². The molecule has 0 atom stereocenters. The smallest absolute Gasteiger partial charge is 0.143 e. The topological polar surface area (TPSA) is 58.0 Å². The van der Waals surface area contributed by atoms with E-state index in [9.17, 15) is 5.11 Å². The van der Waals surface area contributed by atoms with E-state index in [2.05, 4.69) is 69.2 Å². The highest BCUT2D eigenvalue weighted by atomic mass is 32.1. The molecule has 0 unspecified atom stereocenters. The average Bonchev–Trinajstić information content (AvgIpc) is 3.22. The quantitative estimate of drug-likeness (QED) is 0.321. The Kier molecular flexibility index (Phi) is 4.65. The zero-order chi connectivity index (χ0) is 20.5. The maximum atomic E-state index is 9.69. The van der Waals surface area contributed by atoms with Gasteiger partial charge in [-0.05, 0) is 47.4 Å². The van der Waals surface area contributed by atoms with Crippen molar-refractivity contribution in [1.82, 2.24) is 9.97 Å². The molecular formula is C25H19N3OS. The lowest BCUT2D eigenvalue weighted by Crippen LogP contribution is -1.97. The van der Waals surface area contributed by atoms with Crippen molar-refractivity contribution in [3.63, 3.8) is 0 Å². The van der Waals surface area contributed by atoms with Gasteiger partial charge in [0.15, 0.2) is 0 Å². The van der Waals surface area contributed by atoms with E-state index in [4.69, 9.17) is 0 Å². The van der Waals surface area contributed by atoms with Crippen LogP contribution in [-0.2, 0) is 0 Å². The Bertz CT molecular complexity index is 1330. The number of nitrogens with zero attached hydrogens (tertiary/aromatic N) is 2. The number of phenols is 1. The highest BCUT2D eigenvalue weighted by molar-refractivity contribution is 7.17. The molecule has 146 valence electrons. The zero-order valence-corrected chi connectivity index (χ0v) is 17.1. The first-order valence-corrected chi connectivity index (χ1v) is 10.5. The van der Waals surface area contributed by atoms with Gasteiger partial charge in [-0.15, -0.1) is 11.3 Å². The molecule has 0 spiro atoms. The number of aromatic hydroxyl groups is 1. The second kappa shape index (κ2) is 7.61. The minimum Gasteiger partial charge on any atom is -0.508 e. The summed E-state index contributed by atoms with van der Waals surface area (Å²) in [6, 6.07) is 24.2. The molecule has 0 bridgehead atoms. The van der Waals surface area contributed by atoms with Crippen LogP contribution in [0.5, 0.6) is 5.75 Å². The van der Waals surface area contributed by atoms with Crippen LogP contribution in [0.25, 0.3) is 32.5 Å². The van der Waals surface area contributed by atoms with E-state index in [-0.39, 0.29) is 5.75 Å². The van der Waals surface area contributed by atoms with E-state index >= 15 is 0 Å². The van der Waals surface area contributed by atoms with Gasteiger partial charge < -0.3 is 10.4 Å². The largest absolute Gasteiger partial charge is 0.508 e. The maximum Gasteiger partial charge on any atom is 0.143 e. The monoisotopic (exact) mass is 409 g/mol. The highest BCUT2D eigenvalue weighted by Crippen LogP contribution is 2.38. The Labute approximate surface area is 178 Å². The third-order valence-electron chi connectivity index (χ3n) is 5.14. The van der Waals surface area contributed by atoms with Crippen molar-refractivity contribution in [2.24, 2.45) is 0 Å². The Balaban J connectivity index is 1.56. The lowest BCUT2D eigenvalue weighted by molar-refractivity contribution is 0.475. The fraction of sp³-hybridized carbons (Fsp3) is 0.0400. The van der Waals surface area contributed by atoms with Crippen LogP contribution >= 0.6 is 11.3 Å². The number of rotatable bonds is 4. The molecule has 5 rings (SSSR count). The molecule has 2 N–H and O–H groups in total. The van der Waals surface area contributed by atoms with Gasteiger partial charge >= 0.3 is 0 Å². The number of aromatic nitrogens is 2. The molecule has 0 aliphatic rings. The van der Waals surface area contributed by atoms with E-state index in [1.165, 1.54) is 11.1 Å². The summed E-state index contributed by atoms with van der Waals surface area (Å²) in [6.45, 7) is 1.96. The van der Waals surface area contributed by atoms with E-state index in [1.54, 1.807) is 29.8 Å². The molecular weight excluding hydrogens is 390 g/mol. The lowest BCUT2D eigenvalue weighted by Gasteiger charge is -2.11. The second-order valence-electron chi connectivity index (χ2n) is 7.12. The number of benzene rings is 3. The summed E-state index contributed by atoms with van der Waals surface area (Å²) in [5.74, 6) is 1.01. The Morgan fingerprint density at radius 2 is 1.57 bits per heavy atom. The number of nitrogens with one attached hydrogen (secondary N) is 1. The van der Waals surface area contributed by atoms with Gasteiger partial charge in [0.25, 0.3) is 0 Å². The van der Waals surface area contributed by atoms with Crippen LogP contribution in [0.2, 0.25) is 0 Å². The summed E-state index contributed by atoms with van der Waals surface area (Å²) in [5.41, 5.74) is 6.48. The van der Waals surface area contributed by atoms with Crippen molar-refractivity contribution in [3.8, 4) is 28.0 Å². The number of anilines is 2. The highest BCUT2D eigenvalue weighted by Gasteiger charge is 2.14. The van der Waals surface area contributed by atoms with Crippen LogP contribution in [-0.4, -0.2) is 15.1 Å². The van der Waals surface area contributed by atoms with Gasteiger partial charge in [0.2, 0.25) is 0 Å². The van der Waals surface area contributed by atoms with Crippen LogP contribution in [0, 0.1) is 6.92 Å². The molecule has 30 heavy (non-hydrogen) atoms. The first-order chi connectivity index (χ1) is 14.7. The first kappa shape index (κ1) is 18.3. The first-order valence-electron chi connectivity index (χ1n) is 9.64. The minimum atomic E-state index is 0.251. The van der Waals surface area contributed by atoms with Crippen LogP contribution in [0.15, 0.2) is 84.5 Å². The van der Waals surface area contributed by atoms with E-state index in [1.807, 2.05) is 19.1 Å². The zero-order valence-electron chi connectivity index (χ0n) is 16.3. The third-order valence-corrected chi connectivity index (χ3v) is 6.02. The average molecular weight is 410 g/mol. The normalized spacial score (nSPS) is 11.0. The SMILES string of the molecule is Cc1cc(O)ccc1Nc1ncnc2scc(-c3ccc(-c4ccccc4)cc3)c12. The molecule has 2 aromatic heterocycles. The molecule has 2 heterocycles. The predicted octanol–water partition coefficient (Wildman–Crippen LogP) is 6.78. The summed E-state index contributed by atoms with van der Waals surface area (Å²) < 4.78 is 0.